The maximum absolute atomic E-state index is 9.46. The average Bonchev–Trinajstić information content (AvgIpc) is 3.24. The van der Waals surface area contributed by atoms with Crippen LogP contribution in [-0.2, 0) is 30.9 Å². The highest BCUT2D eigenvalue weighted by atomic mass is 16.3. The van der Waals surface area contributed by atoms with Crippen molar-refractivity contribution in [3.05, 3.63) is 47.0 Å². The maximum Gasteiger partial charge on any atom is 0.133 e. The van der Waals surface area contributed by atoms with Crippen molar-refractivity contribution in [2.45, 2.75) is 58.5 Å². The van der Waals surface area contributed by atoms with E-state index in [1.54, 1.807) is 0 Å². The number of aromatic amines is 1. The van der Waals surface area contributed by atoms with Gasteiger partial charge < -0.3 is 10.1 Å². The molecule has 0 amide bonds. The molecule has 3 aromatic heterocycles. The first-order valence-electron chi connectivity index (χ1n) is 9.88. The lowest BCUT2D eigenvalue weighted by molar-refractivity contribution is 0.273. The Kier molecular flexibility index (Phi) is 4.46. The summed E-state index contributed by atoms with van der Waals surface area (Å²) in [6, 6.07) is 6.11. The van der Waals surface area contributed by atoms with E-state index in [1.165, 1.54) is 0 Å². The largest absolute Gasteiger partial charge is 0.388 e. The smallest absolute Gasteiger partial charge is 0.133 e. The van der Waals surface area contributed by atoms with Crippen LogP contribution in [0, 0.1) is 0 Å². The zero-order valence-electron chi connectivity index (χ0n) is 17.9. The highest BCUT2D eigenvalue weighted by molar-refractivity contribution is 5.82. The van der Waals surface area contributed by atoms with E-state index in [9.17, 15) is 5.11 Å². The zero-order chi connectivity index (χ0) is 21.0. The molecule has 0 fully saturated rings. The second-order valence-corrected chi connectivity index (χ2v) is 9.38. The topological polar surface area (TPSA) is 92.5 Å². The van der Waals surface area contributed by atoms with Crippen LogP contribution in [0.15, 0.2) is 24.4 Å². The maximum atomic E-state index is 9.46. The second-order valence-electron chi connectivity index (χ2n) is 9.38. The summed E-state index contributed by atoms with van der Waals surface area (Å²) in [7, 11) is 1.92. The van der Waals surface area contributed by atoms with Gasteiger partial charge in [-0.1, -0.05) is 52.0 Å². The number of pyridine rings is 1. The van der Waals surface area contributed by atoms with Crippen molar-refractivity contribution in [3.8, 4) is 0 Å². The van der Waals surface area contributed by atoms with Crippen LogP contribution in [0.4, 0.5) is 0 Å². The lowest BCUT2D eigenvalue weighted by atomic mass is 9.79. The summed E-state index contributed by atoms with van der Waals surface area (Å²) in [6.45, 7) is 10.8. The second kappa shape index (κ2) is 6.62. The summed E-state index contributed by atoms with van der Waals surface area (Å²) < 4.78 is 1.82. The van der Waals surface area contributed by atoms with Crippen LogP contribution in [0.1, 0.15) is 57.3 Å². The molecule has 0 atom stereocenters. The van der Waals surface area contributed by atoms with Crippen molar-refractivity contribution < 1.29 is 5.11 Å². The van der Waals surface area contributed by atoms with Gasteiger partial charge in [0.25, 0.3) is 0 Å². The van der Waals surface area contributed by atoms with Gasteiger partial charge in [0.2, 0.25) is 0 Å². The van der Waals surface area contributed by atoms with Crippen LogP contribution in [0.3, 0.4) is 0 Å². The molecule has 0 aliphatic rings. The fraction of sp³-hybridized carbons (Fsp3) is 0.455. The number of para-hydroxylation sites is 1. The van der Waals surface area contributed by atoms with Crippen molar-refractivity contribution in [1.82, 2.24) is 29.9 Å². The van der Waals surface area contributed by atoms with Crippen molar-refractivity contribution >= 4 is 22.1 Å². The van der Waals surface area contributed by atoms with Gasteiger partial charge in [0.1, 0.15) is 23.5 Å². The van der Waals surface area contributed by atoms with Gasteiger partial charge in [0.15, 0.2) is 0 Å². The molecule has 3 heterocycles. The highest BCUT2D eigenvalue weighted by Crippen LogP contribution is 2.35. The van der Waals surface area contributed by atoms with Gasteiger partial charge >= 0.3 is 0 Å². The Balaban J connectivity index is 1.83. The summed E-state index contributed by atoms with van der Waals surface area (Å²) in [5.41, 5.74) is 6.64. The summed E-state index contributed by atoms with van der Waals surface area (Å²) >= 11 is 0. The van der Waals surface area contributed by atoms with E-state index < -0.39 is 0 Å². The average molecular weight is 393 g/mol. The molecule has 0 unspecified atom stereocenters. The third-order valence-electron chi connectivity index (χ3n) is 5.56. The third kappa shape index (κ3) is 3.29. The molecule has 4 rings (SSSR count). The van der Waals surface area contributed by atoms with E-state index in [0.717, 1.165) is 45.3 Å². The molecular weight excluding hydrogens is 364 g/mol. The van der Waals surface area contributed by atoms with E-state index in [-0.39, 0.29) is 17.4 Å². The Hall–Kier alpha value is -2.80. The van der Waals surface area contributed by atoms with Crippen LogP contribution in [0.25, 0.3) is 22.1 Å². The Bertz CT molecular complexity index is 1200. The number of fused-ring (bicyclic) bond motifs is 2. The number of imidazole rings is 1. The standard InChI is InChI=1S/C22H28N6O/c1-21(2,3)14-11-23-16(20-19(14)26-27-28(20)6)10-22(4,5)13-8-7-9-15-18(13)25-17(12-29)24-15/h7-9,11,29H,10,12H2,1-6H3,(H,24,25). The van der Waals surface area contributed by atoms with Crippen LogP contribution in [-0.4, -0.2) is 35.1 Å². The lowest BCUT2D eigenvalue weighted by Gasteiger charge is -2.26. The molecule has 0 aliphatic carbocycles. The highest BCUT2D eigenvalue weighted by Gasteiger charge is 2.29. The van der Waals surface area contributed by atoms with Crippen molar-refractivity contribution in [3.63, 3.8) is 0 Å². The van der Waals surface area contributed by atoms with Gasteiger partial charge in [-0.05, 0) is 22.5 Å². The first kappa shape index (κ1) is 19.5. The van der Waals surface area contributed by atoms with Crippen LogP contribution in [0.5, 0.6) is 0 Å². The molecule has 0 bridgehead atoms. The summed E-state index contributed by atoms with van der Waals surface area (Å²) in [6.07, 6.45) is 2.66. The molecule has 0 saturated carbocycles. The number of rotatable bonds is 4. The van der Waals surface area contributed by atoms with Gasteiger partial charge in [-0.25, -0.2) is 9.67 Å². The van der Waals surface area contributed by atoms with E-state index in [0.29, 0.717) is 5.82 Å². The number of hydrogen-bond acceptors (Lipinski definition) is 5. The number of nitrogens with zero attached hydrogens (tertiary/aromatic N) is 5. The SMILES string of the molecule is Cn1nnc2c(C(C)(C)C)cnc(CC(C)(C)c3cccc4[nH]c(CO)nc34)c21. The minimum absolute atomic E-state index is 0.0589. The minimum atomic E-state index is -0.227. The van der Waals surface area contributed by atoms with Crippen molar-refractivity contribution in [1.29, 1.82) is 0 Å². The molecule has 0 spiro atoms. The zero-order valence-corrected chi connectivity index (χ0v) is 17.9. The number of aromatic nitrogens is 6. The summed E-state index contributed by atoms with van der Waals surface area (Å²) in [4.78, 5) is 12.6. The van der Waals surface area contributed by atoms with Gasteiger partial charge in [-0.3, -0.25) is 4.98 Å². The monoisotopic (exact) mass is 392 g/mol. The number of benzene rings is 1. The molecule has 7 heteroatoms. The van der Waals surface area contributed by atoms with Gasteiger partial charge in [0.05, 0.1) is 16.7 Å². The minimum Gasteiger partial charge on any atom is -0.388 e. The third-order valence-corrected chi connectivity index (χ3v) is 5.56. The van der Waals surface area contributed by atoms with Crippen molar-refractivity contribution in [2.75, 3.05) is 0 Å². The lowest BCUT2D eigenvalue weighted by Crippen LogP contribution is -2.23. The molecule has 7 nitrogen and oxygen atoms in total. The molecule has 152 valence electrons. The summed E-state index contributed by atoms with van der Waals surface area (Å²) in [5, 5.41) is 18.2. The summed E-state index contributed by atoms with van der Waals surface area (Å²) in [5.74, 6) is 0.578. The number of aliphatic hydroxyl groups is 1. The Morgan fingerprint density at radius 1 is 1.07 bits per heavy atom. The van der Waals surface area contributed by atoms with E-state index in [1.807, 2.05) is 30.1 Å². The van der Waals surface area contributed by atoms with Gasteiger partial charge in [-0.2, -0.15) is 0 Å². The first-order chi connectivity index (χ1) is 13.6. The number of aliphatic hydroxyl groups excluding tert-OH is 1. The van der Waals surface area contributed by atoms with E-state index >= 15 is 0 Å². The fourth-order valence-corrected chi connectivity index (χ4v) is 4.02. The fourth-order valence-electron chi connectivity index (χ4n) is 4.02. The predicted octanol–water partition coefficient (Wildman–Crippen LogP) is 3.55. The molecule has 29 heavy (non-hydrogen) atoms. The van der Waals surface area contributed by atoms with Gasteiger partial charge in [0, 0.05) is 25.2 Å². The number of aryl methyl sites for hydroxylation is 1. The van der Waals surface area contributed by atoms with Crippen molar-refractivity contribution in [2.24, 2.45) is 7.05 Å². The molecule has 1 aromatic carbocycles. The van der Waals surface area contributed by atoms with E-state index in [2.05, 4.69) is 61.0 Å². The molecule has 0 saturated heterocycles. The Morgan fingerprint density at radius 3 is 2.52 bits per heavy atom. The quantitative estimate of drug-likeness (QED) is 0.554. The van der Waals surface area contributed by atoms with Gasteiger partial charge in [-0.15, -0.1) is 5.10 Å². The first-order valence-corrected chi connectivity index (χ1v) is 9.88. The van der Waals surface area contributed by atoms with Crippen LogP contribution < -0.4 is 0 Å². The Labute approximate surface area is 170 Å². The number of nitrogens with one attached hydrogen (secondary N) is 1. The molecule has 0 aliphatic heterocycles. The predicted molar refractivity (Wildman–Crippen MR) is 114 cm³/mol. The molecule has 2 N–H and O–H groups in total. The normalized spacial score (nSPS) is 12.9. The molecular formula is C22H28N6O. The Morgan fingerprint density at radius 2 is 1.83 bits per heavy atom. The molecule has 0 radical (unpaired) electrons. The number of H-pyrrole nitrogens is 1. The van der Waals surface area contributed by atoms with E-state index in [4.69, 9.17) is 4.98 Å². The van der Waals surface area contributed by atoms with Crippen LogP contribution in [0.2, 0.25) is 0 Å². The molecule has 4 aromatic rings. The van der Waals surface area contributed by atoms with Crippen LogP contribution >= 0.6 is 0 Å². The number of hydrogen-bond donors (Lipinski definition) is 2.